The molecule has 25 heavy (non-hydrogen) atoms. The van der Waals surface area contributed by atoms with E-state index in [9.17, 15) is 9.18 Å². The van der Waals surface area contributed by atoms with Gasteiger partial charge >= 0.3 is 6.03 Å². The fourth-order valence-corrected chi connectivity index (χ4v) is 2.78. The molecule has 7 nitrogen and oxygen atoms in total. The molecule has 2 amide bonds. The second-order valence-corrected chi connectivity index (χ2v) is 6.10. The summed E-state index contributed by atoms with van der Waals surface area (Å²) in [7, 11) is 0. The van der Waals surface area contributed by atoms with Gasteiger partial charge in [-0.15, -0.1) is 0 Å². The number of rotatable bonds is 4. The smallest absolute Gasteiger partial charge is 0.321 e. The highest BCUT2D eigenvalue weighted by atomic mass is 19.1. The first kappa shape index (κ1) is 17.3. The van der Waals surface area contributed by atoms with Crippen molar-refractivity contribution in [2.45, 2.75) is 39.4 Å². The van der Waals surface area contributed by atoms with E-state index >= 15 is 0 Å². The zero-order valence-corrected chi connectivity index (χ0v) is 14.3. The molecule has 134 valence electrons. The Bertz CT molecular complexity index is 749. The van der Waals surface area contributed by atoms with Crippen molar-refractivity contribution in [2.75, 3.05) is 18.4 Å². The Morgan fingerprint density at radius 3 is 3.08 bits per heavy atom. The number of nitrogens with zero attached hydrogens (tertiary/aromatic N) is 3. The number of hydrogen-bond acceptors (Lipinski definition) is 5. The van der Waals surface area contributed by atoms with Gasteiger partial charge in [0.2, 0.25) is 0 Å². The number of hydrogen-bond donors (Lipinski definition) is 1. The molecule has 3 rings (SSSR count). The van der Waals surface area contributed by atoms with Crippen LogP contribution in [0.25, 0.3) is 0 Å². The summed E-state index contributed by atoms with van der Waals surface area (Å²) in [5, 5.41) is 6.48. The molecule has 1 atom stereocenters. The van der Waals surface area contributed by atoms with Crippen LogP contribution in [0.4, 0.5) is 14.9 Å². The molecular formula is C17H21FN4O3. The van der Waals surface area contributed by atoms with Crippen molar-refractivity contribution >= 4 is 11.7 Å². The van der Waals surface area contributed by atoms with E-state index in [4.69, 9.17) is 9.26 Å². The van der Waals surface area contributed by atoms with Crippen molar-refractivity contribution in [3.05, 3.63) is 41.3 Å². The predicted octanol–water partition coefficient (Wildman–Crippen LogP) is 3.04. The lowest BCUT2D eigenvalue weighted by Crippen LogP contribution is -2.45. The molecule has 0 radical (unpaired) electrons. The summed E-state index contributed by atoms with van der Waals surface area (Å²) in [6.07, 6.45) is 1.60. The van der Waals surface area contributed by atoms with Gasteiger partial charge in [0.25, 0.3) is 5.89 Å². The molecule has 1 fully saturated rings. The lowest BCUT2D eigenvalue weighted by molar-refractivity contribution is -0.00916. The van der Waals surface area contributed by atoms with Gasteiger partial charge in [-0.1, -0.05) is 11.2 Å². The second kappa shape index (κ2) is 7.60. The second-order valence-electron chi connectivity index (χ2n) is 6.10. The van der Waals surface area contributed by atoms with E-state index in [2.05, 4.69) is 15.5 Å². The van der Waals surface area contributed by atoms with Crippen LogP contribution in [0.3, 0.4) is 0 Å². The number of piperidine rings is 1. The summed E-state index contributed by atoms with van der Waals surface area (Å²) >= 11 is 0. The Balaban J connectivity index is 1.55. The monoisotopic (exact) mass is 348 g/mol. The number of likely N-dealkylation sites (tertiary alicyclic amines) is 1. The third-order valence-corrected chi connectivity index (χ3v) is 4.19. The van der Waals surface area contributed by atoms with Crippen LogP contribution in [0.2, 0.25) is 0 Å². The number of aryl methyl sites for hydroxylation is 1. The average molecular weight is 348 g/mol. The fourth-order valence-electron chi connectivity index (χ4n) is 2.78. The molecule has 1 saturated heterocycles. The molecular weight excluding hydrogens is 327 g/mol. The van der Waals surface area contributed by atoms with E-state index in [1.54, 1.807) is 30.9 Å². The molecule has 8 heteroatoms. The van der Waals surface area contributed by atoms with Crippen LogP contribution in [0, 0.1) is 19.7 Å². The van der Waals surface area contributed by atoms with Crippen LogP contribution in [0.1, 0.15) is 30.1 Å². The maximum absolute atomic E-state index is 13.6. The van der Waals surface area contributed by atoms with E-state index in [1.165, 1.54) is 6.07 Å². The summed E-state index contributed by atoms with van der Waals surface area (Å²) in [5.41, 5.74) is 0.904. The van der Waals surface area contributed by atoms with Gasteiger partial charge in [0.1, 0.15) is 12.4 Å². The molecule has 0 spiro atoms. The van der Waals surface area contributed by atoms with Crippen LogP contribution < -0.4 is 5.32 Å². The normalized spacial score (nSPS) is 17.6. The largest absolute Gasteiger partial charge is 0.367 e. The summed E-state index contributed by atoms with van der Waals surface area (Å²) in [6.45, 7) is 4.71. The first-order valence-corrected chi connectivity index (χ1v) is 8.25. The molecule has 1 aromatic heterocycles. The maximum Gasteiger partial charge on any atom is 0.321 e. The molecule has 1 aliphatic heterocycles. The van der Waals surface area contributed by atoms with Crippen molar-refractivity contribution in [2.24, 2.45) is 0 Å². The van der Waals surface area contributed by atoms with Gasteiger partial charge in [-0.25, -0.2) is 9.18 Å². The molecule has 0 saturated carbocycles. The van der Waals surface area contributed by atoms with E-state index in [0.717, 1.165) is 12.8 Å². The van der Waals surface area contributed by atoms with Crippen molar-refractivity contribution in [3.63, 3.8) is 0 Å². The summed E-state index contributed by atoms with van der Waals surface area (Å²) in [5.74, 6) is 0.649. The zero-order valence-electron chi connectivity index (χ0n) is 14.3. The lowest BCUT2D eigenvalue weighted by atomic mass is 10.1. The molecule has 2 heterocycles. The Morgan fingerprint density at radius 1 is 1.48 bits per heavy atom. The van der Waals surface area contributed by atoms with Gasteiger partial charge in [0, 0.05) is 24.3 Å². The van der Waals surface area contributed by atoms with Crippen molar-refractivity contribution in [3.8, 4) is 0 Å². The number of anilines is 1. The summed E-state index contributed by atoms with van der Waals surface area (Å²) in [4.78, 5) is 18.2. The standard InChI is InChI=1S/C17H21FN4O3/c1-11-14(18)6-3-7-15(11)20-17(23)22-8-4-5-13(9-22)24-10-16-19-12(2)21-25-16/h3,6-7,13H,4-5,8-10H2,1-2H3,(H,20,23). The third kappa shape index (κ3) is 4.33. The molecule has 1 aromatic carbocycles. The molecule has 1 unspecified atom stereocenters. The average Bonchev–Trinajstić information content (AvgIpc) is 3.03. The number of aromatic nitrogens is 2. The quantitative estimate of drug-likeness (QED) is 0.918. The fraction of sp³-hybridized carbons (Fsp3) is 0.471. The van der Waals surface area contributed by atoms with Gasteiger partial charge in [0.15, 0.2) is 5.82 Å². The minimum Gasteiger partial charge on any atom is -0.367 e. The van der Waals surface area contributed by atoms with Crippen LogP contribution >= 0.6 is 0 Å². The minimum absolute atomic E-state index is 0.0969. The number of carbonyl (C=O) groups is 1. The van der Waals surface area contributed by atoms with Gasteiger partial charge in [-0.05, 0) is 38.8 Å². The van der Waals surface area contributed by atoms with Crippen molar-refractivity contribution in [1.29, 1.82) is 0 Å². The highest BCUT2D eigenvalue weighted by molar-refractivity contribution is 5.90. The van der Waals surface area contributed by atoms with E-state index in [1.807, 2.05) is 0 Å². The molecule has 2 aromatic rings. The van der Waals surface area contributed by atoms with Crippen LogP contribution in [0.15, 0.2) is 22.7 Å². The lowest BCUT2D eigenvalue weighted by Gasteiger charge is -2.32. The van der Waals surface area contributed by atoms with Crippen LogP contribution in [-0.2, 0) is 11.3 Å². The Labute approximate surface area is 145 Å². The predicted molar refractivity (Wildman–Crippen MR) is 88.6 cm³/mol. The number of halogens is 1. The van der Waals surface area contributed by atoms with E-state index < -0.39 is 0 Å². The van der Waals surface area contributed by atoms with E-state index in [0.29, 0.717) is 36.1 Å². The Kier molecular flexibility index (Phi) is 5.28. The van der Waals surface area contributed by atoms with Gasteiger partial charge in [-0.3, -0.25) is 0 Å². The number of ether oxygens (including phenoxy) is 1. The molecule has 0 aliphatic carbocycles. The number of nitrogens with one attached hydrogen (secondary N) is 1. The van der Waals surface area contributed by atoms with Crippen LogP contribution in [-0.4, -0.2) is 40.3 Å². The highest BCUT2D eigenvalue weighted by Crippen LogP contribution is 2.20. The first-order valence-electron chi connectivity index (χ1n) is 8.25. The molecule has 1 aliphatic rings. The van der Waals surface area contributed by atoms with Crippen molar-refractivity contribution in [1.82, 2.24) is 15.0 Å². The Morgan fingerprint density at radius 2 is 2.32 bits per heavy atom. The first-order chi connectivity index (χ1) is 12.0. The number of benzene rings is 1. The minimum atomic E-state index is -0.340. The van der Waals surface area contributed by atoms with E-state index in [-0.39, 0.29) is 24.6 Å². The van der Waals surface area contributed by atoms with Gasteiger partial charge in [0.05, 0.1) is 6.10 Å². The summed E-state index contributed by atoms with van der Waals surface area (Å²) < 4.78 is 24.4. The molecule has 1 N–H and O–H groups in total. The molecule has 0 bridgehead atoms. The van der Waals surface area contributed by atoms with Crippen molar-refractivity contribution < 1.29 is 18.4 Å². The van der Waals surface area contributed by atoms with Gasteiger partial charge < -0.3 is 19.5 Å². The SMILES string of the molecule is Cc1noc(COC2CCCN(C(=O)Nc3cccc(F)c3C)C2)n1. The van der Waals surface area contributed by atoms with Crippen LogP contribution in [0.5, 0.6) is 0 Å². The number of urea groups is 1. The summed E-state index contributed by atoms with van der Waals surface area (Å²) in [6, 6.07) is 4.38. The number of carbonyl (C=O) groups excluding carboxylic acids is 1. The zero-order chi connectivity index (χ0) is 17.8. The maximum atomic E-state index is 13.6. The third-order valence-electron chi connectivity index (χ3n) is 4.19. The number of amides is 2. The topological polar surface area (TPSA) is 80.5 Å². The highest BCUT2D eigenvalue weighted by Gasteiger charge is 2.25. The van der Waals surface area contributed by atoms with Gasteiger partial charge in [-0.2, -0.15) is 4.98 Å². The Hall–Kier alpha value is -2.48.